The summed E-state index contributed by atoms with van der Waals surface area (Å²) in [5.74, 6) is 0.982. The molecule has 1 N–H and O–H groups in total. The summed E-state index contributed by atoms with van der Waals surface area (Å²) in [6.45, 7) is -0.0592. The summed E-state index contributed by atoms with van der Waals surface area (Å²) in [6, 6.07) is 15.9. The third kappa shape index (κ3) is 3.97. The number of hydrogen-bond acceptors (Lipinski definition) is 7. The van der Waals surface area contributed by atoms with Crippen molar-refractivity contribution in [2.75, 3.05) is 0 Å². The van der Waals surface area contributed by atoms with E-state index in [1.807, 2.05) is 35.7 Å². The van der Waals surface area contributed by atoms with Gasteiger partial charge in [-0.3, -0.25) is 0 Å². The van der Waals surface area contributed by atoms with Crippen LogP contribution in [0.1, 0.15) is 11.3 Å². The second-order valence-corrected chi connectivity index (χ2v) is 8.62. The molecular weight excluding hydrogens is 433 g/mol. The lowest BCUT2D eigenvalue weighted by Gasteiger charge is -2.04. The molecule has 5 rings (SSSR count). The summed E-state index contributed by atoms with van der Waals surface area (Å²) >= 11 is 3.07. The molecule has 0 spiro atoms. The summed E-state index contributed by atoms with van der Waals surface area (Å²) in [5, 5.41) is 17.5. The fourth-order valence-electron chi connectivity index (χ4n) is 3.35. The fraction of sp³-hybridized carbons (Fsp3) is 0.0870. The van der Waals surface area contributed by atoms with Crippen molar-refractivity contribution in [1.29, 1.82) is 0 Å². The summed E-state index contributed by atoms with van der Waals surface area (Å²) in [4.78, 5) is 9.74. The highest BCUT2D eigenvalue weighted by molar-refractivity contribution is 7.98. The second-order valence-electron chi connectivity index (χ2n) is 6.80. The van der Waals surface area contributed by atoms with Crippen LogP contribution >= 0.6 is 23.1 Å². The van der Waals surface area contributed by atoms with E-state index in [0.717, 1.165) is 37.5 Å². The van der Waals surface area contributed by atoms with Crippen LogP contribution in [0.5, 0.6) is 0 Å². The molecule has 0 saturated carbocycles. The summed E-state index contributed by atoms with van der Waals surface area (Å²) in [5.41, 5.74) is 4.25. The van der Waals surface area contributed by atoms with Crippen molar-refractivity contribution in [2.45, 2.75) is 17.4 Å². The quantitative estimate of drug-likeness (QED) is 0.256. The van der Waals surface area contributed by atoms with Crippen molar-refractivity contribution in [3.63, 3.8) is 0 Å². The monoisotopic (exact) mass is 449 g/mol. The Morgan fingerprint density at radius 2 is 1.87 bits per heavy atom. The van der Waals surface area contributed by atoms with Crippen molar-refractivity contribution >= 4 is 33.3 Å². The first-order valence-corrected chi connectivity index (χ1v) is 11.3. The molecule has 5 aromatic rings. The van der Waals surface area contributed by atoms with Crippen LogP contribution in [0.15, 0.2) is 75.9 Å². The Labute approximate surface area is 185 Å². The number of benzene rings is 2. The van der Waals surface area contributed by atoms with E-state index in [1.165, 1.54) is 35.2 Å². The molecule has 5 nitrogen and oxygen atoms in total. The van der Waals surface area contributed by atoms with Gasteiger partial charge >= 0.3 is 0 Å². The van der Waals surface area contributed by atoms with Crippen molar-refractivity contribution < 1.29 is 14.0 Å². The molecule has 0 unspecified atom stereocenters. The van der Waals surface area contributed by atoms with E-state index >= 15 is 0 Å². The van der Waals surface area contributed by atoms with Gasteiger partial charge in [0.25, 0.3) is 0 Å². The largest absolute Gasteiger partial charge is 0.392 e. The third-order valence-electron chi connectivity index (χ3n) is 4.86. The number of aromatic nitrogens is 3. The van der Waals surface area contributed by atoms with Gasteiger partial charge in [0.1, 0.15) is 33.5 Å². The van der Waals surface area contributed by atoms with Crippen LogP contribution in [-0.2, 0) is 12.4 Å². The van der Waals surface area contributed by atoms with E-state index in [0.29, 0.717) is 17.2 Å². The molecule has 0 aliphatic heterocycles. The van der Waals surface area contributed by atoms with Crippen LogP contribution in [0.2, 0.25) is 0 Å². The molecule has 0 aliphatic carbocycles. The smallest absolute Gasteiger partial charge is 0.147 e. The maximum absolute atomic E-state index is 13.3. The molecular formula is C23H16FN3O2S2. The highest BCUT2D eigenvalue weighted by atomic mass is 32.2. The van der Waals surface area contributed by atoms with Gasteiger partial charge in [-0.05, 0) is 23.3 Å². The van der Waals surface area contributed by atoms with Gasteiger partial charge in [-0.15, -0.1) is 11.3 Å². The molecule has 0 atom stereocenters. The topological polar surface area (TPSA) is 72.0 Å². The first-order valence-electron chi connectivity index (χ1n) is 9.48. The first-order chi connectivity index (χ1) is 15.2. The number of thioether (sulfide) groups is 1. The number of rotatable bonds is 6. The SMILES string of the molecule is OCc1ccccc1-c1cc(CSc2ncnc3scc(-c4ccc(F)cc4)c23)on1. The number of halogens is 1. The van der Waals surface area contributed by atoms with E-state index in [-0.39, 0.29) is 12.4 Å². The predicted octanol–water partition coefficient (Wildman–Crippen LogP) is 5.94. The van der Waals surface area contributed by atoms with Gasteiger partial charge < -0.3 is 9.63 Å². The summed E-state index contributed by atoms with van der Waals surface area (Å²) in [6.07, 6.45) is 1.55. The van der Waals surface area contributed by atoms with Gasteiger partial charge in [0.15, 0.2) is 0 Å². The normalized spacial score (nSPS) is 11.3. The zero-order valence-corrected chi connectivity index (χ0v) is 17.8. The molecule has 0 amide bonds. The van der Waals surface area contributed by atoms with Crippen LogP contribution in [-0.4, -0.2) is 20.2 Å². The number of nitrogens with zero attached hydrogens (tertiary/aromatic N) is 3. The van der Waals surface area contributed by atoms with Gasteiger partial charge in [-0.2, -0.15) is 0 Å². The van der Waals surface area contributed by atoms with Gasteiger partial charge in [0.05, 0.1) is 17.7 Å². The standard InChI is InChI=1S/C23H16FN3O2S2/c24-16-7-5-14(6-8-16)19-12-31-23-21(19)22(25-13-26-23)30-11-17-9-20(27-29-17)18-4-2-1-3-15(18)10-28/h1-9,12-13,28H,10-11H2. The first kappa shape index (κ1) is 19.9. The predicted molar refractivity (Wildman–Crippen MR) is 120 cm³/mol. The minimum Gasteiger partial charge on any atom is -0.392 e. The maximum atomic E-state index is 13.3. The molecule has 3 aromatic heterocycles. The van der Waals surface area contributed by atoms with Gasteiger partial charge in [0.2, 0.25) is 0 Å². The number of aliphatic hydroxyl groups excluding tert-OH is 1. The molecule has 0 aliphatic rings. The van der Waals surface area contributed by atoms with Gasteiger partial charge in [0, 0.05) is 22.6 Å². The molecule has 0 saturated heterocycles. The van der Waals surface area contributed by atoms with Crippen molar-refractivity contribution in [3.05, 3.63) is 83.4 Å². The Hall–Kier alpha value is -3.07. The molecule has 0 bridgehead atoms. The Bertz CT molecular complexity index is 1350. The molecule has 8 heteroatoms. The van der Waals surface area contributed by atoms with Crippen LogP contribution in [0, 0.1) is 5.82 Å². The average molecular weight is 450 g/mol. The van der Waals surface area contributed by atoms with E-state index < -0.39 is 0 Å². The highest BCUT2D eigenvalue weighted by Crippen LogP contribution is 2.39. The lowest BCUT2D eigenvalue weighted by molar-refractivity contribution is 0.282. The van der Waals surface area contributed by atoms with Crippen molar-refractivity contribution in [1.82, 2.24) is 15.1 Å². The molecule has 31 heavy (non-hydrogen) atoms. The summed E-state index contributed by atoms with van der Waals surface area (Å²) < 4.78 is 18.9. The molecule has 154 valence electrons. The maximum Gasteiger partial charge on any atom is 0.147 e. The Morgan fingerprint density at radius 1 is 1.03 bits per heavy atom. The van der Waals surface area contributed by atoms with Crippen LogP contribution in [0.4, 0.5) is 4.39 Å². The highest BCUT2D eigenvalue weighted by Gasteiger charge is 2.15. The molecule has 0 radical (unpaired) electrons. The zero-order chi connectivity index (χ0) is 21.2. The third-order valence-corrected chi connectivity index (χ3v) is 6.76. The Balaban J connectivity index is 1.42. The minimum atomic E-state index is -0.266. The minimum absolute atomic E-state index is 0.0592. The van der Waals surface area contributed by atoms with Crippen molar-refractivity contribution in [3.8, 4) is 22.4 Å². The lowest BCUT2D eigenvalue weighted by atomic mass is 10.1. The molecule has 2 aromatic carbocycles. The number of aliphatic hydroxyl groups is 1. The number of thiophene rings is 1. The fourth-order valence-corrected chi connectivity index (χ4v) is 5.22. The molecule has 0 fully saturated rings. The zero-order valence-electron chi connectivity index (χ0n) is 16.2. The Morgan fingerprint density at radius 3 is 2.71 bits per heavy atom. The molecule has 3 heterocycles. The van der Waals surface area contributed by atoms with E-state index in [2.05, 4.69) is 15.1 Å². The lowest BCUT2D eigenvalue weighted by Crippen LogP contribution is -1.88. The van der Waals surface area contributed by atoms with Crippen LogP contribution in [0.3, 0.4) is 0 Å². The Kier molecular flexibility index (Phi) is 5.50. The number of hydrogen-bond donors (Lipinski definition) is 1. The van der Waals surface area contributed by atoms with Crippen LogP contribution in [0.25, 0.3) is 32.6 Å². The van der Waals surface area contributed by atoms with E-state index in [1.54, 1.807) is 18.5 Å². The number of fused-ring (bicyclic) bond motifs is 1. The average Bonchev–Trinajstić information content (AvgIpc) is 3.46. The van der Waals surface area contributed by atoms with Crippen LogP contribution < -0.4 is 0 Å². The van der Waals surface area contributed by atoms with Gasteiger partial charge in [-0.1, -0.05) is 53.3 Å². The van der Waals surface area contributed by atoms with E-state index in [4.69, 9.17) is 4.52 Å². The second kappa shape index (κ2) is 8.58. The summed E-state index contributed by atoms with van der Waals surface area (Å²) in [7, 11) is 0. The van der Waals surface area contributed by atoms with Crippen molar-refractivity contribution in [2.24, 2.45) is 0 Å². The van der Waals surface area contributed by atoms with E-state index in [9.17, 15) is 9.50 Å². The van der Waals surface area contributed by atoms with Gasteiger partial charge in [-0.25, -0.2) is 14.4 Å².